The van der Waals surface area contributed by atoms with Crippen molar-refractivity contribution in [3.8, 4) is 0 Å². The number of benzene rings is 1. The molecule has 1 amide bonds. The quantitative estimate of drug-likeness (QED) is 0.671. The van der Waals surface area contributed by atoms with Gasteiger partial charge in [0.15, 0.2) is 0 Å². The van der Waals surface area contributed by atoms with Crippen molar-refractivity contribution in [1.29, 1.82) is 0 Å². The highest BCUT2D eigenvalue weighted by Gasteiger charge is 2.07. The summed E-state index contributed by atoms with van der Waals surface area (Å²) in [7, 11) is 0. The van der Waals surface area contributed by atoms with Crippen molar-refractivity contribution in [2.75, 3.05) is 6.61 Å². The molecule has 3 nitrogen and oxygen atoms in total. The van der Waals surface area contributed by atoms with Crippen molar-refractivity contribution < 1.29 is 9.90 Å². The van der Waals surface area contributed by atoms with Crippen LogP contribution in [0.2, 0.25) is 0 Å². The second-order valence-electron chi connectivity index (χ2n) is 2.93. The number of aliphatic hydroxyl groups excluding tert-OH is 1. The normalized spacial score (nSPS) is 12.2. The zero-order valence-electron chi connectivity index (χ0n) is 7.53. The minimum absolute atomic E-state index is 0.0812. The summed E-state index contributed by atoms with van der Waals surface area (Å²) < 4.78 is 0. The van der Waals surface area contributed by atoms with Crippen molar-refractivity contribution in [2.24, 2.45) is 0 Å². The first-order chi connectivity index (χ1) is 6.27. The fraction of sp³-hybridized carbons (Fsp3) is 0.300. The highest BCUT2D eigenvalue weighted by molar-refractivity contribution is 5.48. The van der Waals surface area contributed by atoms with E-state index in [2.05, 4.69) is 5.32 Å². The molecule has 13 heavy (non-hydrogen) atoms. The van der Waals surface area contributed by atoms with E-state index in [-0.39, 0.29) is 12.6 Å². The Morgan fingerprint density at radius 2 is 2.38 bits per heavy atom. The van der Waals surface area contributed by atoms with Gasteiger partial charge in [-0.25, -0.2) is 0 Å². The highest BCUT2D eigenvalue weighted by Crippen LogP contribution is 2.12. The average molecular weight is 179 g/mol. The fourth-order valence-corrected chi connectivity index (χ4v) is 1.22. The first kappa shape index (κ1) is 9.74. The maximum atomic E-state index is 10.2. The van der Waals surface area contributed by atoms with Gasteiger partial charge in [0.1, 0.15) is 0 Å². The Labute approximate surface area is 77.4 Å². The smallest absolute Gasteiger partial charge is 0.207 e. The van der Waals surface area contributed by atoms with E-state index < -0.39 is 0 Å². The van der Waals surface area contributed by atoms with Crippen LogP contribution >= 0.6 is 0 Å². The Hall–Kier alpha value is -1.35. The summed E-state index contributed by atoms with van der Waals surface area (Å²) in [6.07, 6.45) is 0.600. The molecule has 0 fully saturated rings. The van der Waals surface area contributed by atoms with Gasteiger partial charge < -0.3 is 10.4 Å². The van der Waals surface area contributed by atoms with Crippen LogP contribution in [0, 0.1) is 6.92 Å². The molecular formula is C10H13NO2. The van der Waals surface area contributed by atoms with Crippen LogP contribution < -0.4 is 5.32 Å². The van der Waals surface area contributed by atoms with Gasteiger partial charge in [-0.15, -0.1) is 0 Å². The minimum atomic E-state index is -0.294. The zero-order valence-corrected chi connectivity index (χ0v) is 7.53. The summed E-state index contributed by atoms with van der Waals surface area (Å²) in [4.78, 5) is 10.2. The van der Waals surface area contributed by atoms with Crippen molar-refractivity contribution in [3.05, 3.63) is 35.4 Å². The van der Waals surface area contributed by atoms with Crippen LogP contribution in [0.5, 0.6) is 0 Å². The van der Waals surface area contributed by atoms with Gasteiger partial charge in [-0.1, -0.05) is 29.8 Å². The van der Waals surface area contributed by atoms with Gasteiger partial charge >= 0.3 is 0 Å². The predicted molar refractivity (Wildman–Crippen MR) is 50.2 cm³/mol. The van der Waals surface area contributed by atoms with Crippen molar-refractivity contribution in [3.63, 3.8) is 0 Å². The number of amides is 1. The summed E-state index contributed by atoms with van der Waals surface area (Å²) >= 11 is 0. The van der Waals surface area contributed by atoms with Crippen LogP contribution in [-0.4, -0.2) is 18.1 Å². The number of rotatable bonds is 4. The third-order valence-corrected chi connectivity index (χ3v) is 1.90. The van der Waals surface area contributed by atoms with Crippen LogP contribution in [0.15, 0.2) is 24.3 Å². The minimum Gasteiger partial charge on any atom is -0.394 e. The van der Waals surface area contributed by atoms with Crippen LogP contribution in [0.1, 0.15) is 17.2 Å². The largest absolute Gasteiger partial charge is 0.394 e. The summed E-state index contributed by atoms with van der Waals surface area (Å²) in [6, 6.07) is 7.40. The van der Waals surface area contributed by atoms with Gasteiger partial charge in [0, 0.05) is 0 Å². The topological polar surface area (TPSA) is 49.3 Å². The molecule has 0 radical (unpaired) electrons. The van der Waals surface area contributed by atoms with E-state index in [9.17, 15) is 4.79 Å². The molecule has 0 aliphatic rings. The molecule has 0 aliphatic heterocycles. The lowest BCUT2D eigenvalue weighted by Crippen LogP contribution is -2.22. The van der Waals surface area contributed by atoms with Gasteiger partial charge in [-0.2, -0.15) is 0 Å². The van der Waals surface area contributed by atoms with Crippen LogP contribution in [0.25, 0.3) is 0 Å². The predicted octanol–water partition coefficient (Wildman–Crippen LogP) is 0.774. The molecular weight excluding hydrogens is 166 g/mol. The fourth-order valence-electron chi connectivity index (χ4n) is 1.22. The zero-order chi connectivity index (χ0) is 9.68. The number of aliphatic hydroxyl groups is 1. The molecule has 0 aliphatic carbocycles. The Morgan fingerprint density at radius 1 is 1.62 bits per heavy atom. The summed E-state index contributed by atoms with van der Waals surface area (Å²) in [5.74, 6) is 0. The molecule has 0 aromatic heterocycles. The van der Waals surface area contributed by atoms with Crippen LogP contribution in [0.3, 0.4) is 0 Å². The van der Waals surface area contributed by atoms with Gasteiger partial charge in [0.05, 0.1) is 12.6 Å². The summed E-state index contributed by atoms with van der Waals surface area (Å²) in [5.41, 5.74) is 2.04. The molecule has 0 bridgehead atoms. The molecule has 1 aromatic carbocycles. The molecule has 1 atom stereocenters. The number of hydrogen-bond acceptors (Lipinski definition) is 2. The van der Waals surface area contributed by atoms with E-state index in [0.29, 0.717) is 6.41 Å². The Morgan fingerprint density at radius 3 is 2.92 bits per heavy atom. The molecule has 70 valence electrons. The summed E-state index contributed by atoms with van der Waals surface area (Å²) in [6.45, 7) is 1.89. The van der Waals surface area contributed by atoms with Gasteiger partial charge in [-0.05, 0) is 12.5 Å². The lowest BCUT2D eigenvalue weighted by atomic mass is 10.1. The number of nitrogens with one attached hydrogen (secondary N) is 1. The standard InChI is InChI=1S/C10H13NO2/c1-8-3-2-4-9(5-8)10(6-12)11-7-13/h2-5,7,10,12H,6H2,1H3,(H,11,13)/t10-/m1/s1. The first-order valence-electron chi connectivity index (χ1n) is 4.15. The van der Waals surface area contributed by atoms with Gasteiger partial charge in [0.25, 0.3) is 0 Å². The lowest BCUT2D eigenvalue weighted by Gasteiger charge is -2.13. The van der Waals surface area contributed by atoms with E-state index in [1.54, 1.807) is 0 Å². The van der Waals surface area contributed by atoms with E-state index in [1.165, 1.54) is 0 Å². The second kappa shape index (κ2) is 4.62. The van der Waals surface area contributed by atoms with Crippen molar-refractivity contribution in [1.82, 2.24) is 5.32 Å². The van der Waals surface area contributed by atoms with Crippen LogP contribution in [0.4, 0.5) is 0 Å². The molecule has 0 saturated carbocycles. The molecule has 0 saturated heterocycles. The van der Waals surface area contributed by atoms with E-state index in [1.807, 2.05) is 31.2 Å². The van der Waals surface area contributed by atoms with Gasteiger partial charge in [0.2, 0.25) is 6.41 Å². The Balaban J connectivity index is 2.84. The van der Waals surface area contributed by atoms with E-state index in [4.69, 9.17) is 5.11 Å². The van der Waals surface area contributed by atoms with Crippen molar-refractivity contribution in [2.45, 2.75) is 13.0 Å². The average Bonchev–Trinajstić information content (AvgIpc) is 2.14. The Bertz CT molecular complexity index is 286. The third kappa shape index (κ3) is 2.56. The highest BCUT2D eigenvalue weighted by atomic mass is 16.3. The third-order valence-electron chi connectivity index (χ3n) is 1.90. The maximum absolute atomic E-state index is 10.2. The first-order valence-corrected chi connectivity index (χ1v) is 4.15. The molecule has 0 spiro atoms. The van der Waals surface area contributed by atoms with Crippen molar-refractivity contribution >= 4 is 6.41 Å². The van der Waals surface area contributed by atoms with E-state index >= 15 is 0 Å². The number of carbonyl (C=O) groups excluding carboxylic acids is 1. The molecule has 2 N–H and O–H groups in total. The number of hydrogen-bond donors (Lipinski definition) is 2. The SMILES string of the molecule is Cc1cccc([C@@H](CO)NC=O)c1. The van der Waals surface area contributed by atoms with Crippen LogP contribution in [-0.2, 0) is 4.79 Å². The maximum Gasteiger partial charge on any atom is 0.207 e. The van der Waals surface area contributed by atoms with E-state index in [0.717, 1.165) is 11.1 Å². The molecule has 0 unspecified atom stereocenters. The number of aryl methyl sites for hydroxylation is 1. The molecule has 1 rings (SSSR count). The monoisotopic (exact) mass is 179 g/mol. The molecule has 1 aromatic rings. The molecule has 0 heterocycles. The van der Waals surface area contributed by atoms with Gasteiger partial charge in [-0.3, -0.25) is 4.79 Å². The second-order valence-corrected chi connectivity index (χ2v) is 2.93. The molecule has 3 heteroatoms. The number of carbonyl (C=O) groups is 1. The Kier molecular flexibility index (Phi) is 3.46. The summed E-state index contributed by atoms with van der Waals surface area (Å²) in [5, 5.41) is 11.5. The lowest BCUT2D eigenvalue weighted by molar-refractivity contribution is -0.110.